The Morgan fingerprint density at radius 2 is 1.96 bits per heavy atom. The van der Waals surface area contributed by atoms with Crippen molar-refractivity contribution in [3.63, 3.8) is 0 Å². The van der Waals surface area contributed by atoms with Crippen LogP contribution in [0.25, 0.3) is 0 Å². The van der Waals surface area contributed by atoms with Crippen molar-refractivity contribution >= 4 is 35.9 Å². The monoisotopic (exact) mass is 489 g/mol. The maximum atomic E-state index is 11.9. The van der Waals surface area contributed by atoms with Crippen molar-refractivity contribution in [1.29, 1.82) is 0 Å². The number of guanidine groups is 1. The average Bonchev–Trinajstić information content (AvgIpc) is 3.00. The molecule has 27 heavy (non-hydrogen) atoms. The van der Waals surface area contributed by atoms with Crippen LogP contribution in [-0.4, -0.2) is 49.7 Å². The first-order valence-electron chi connectivity index (χ1n) is 9.31. The summed E-state index contributed by atoms with van der Waals surface area (Å²) in [6.45, 7) is 11.0. The van der Waals surface area contributed by atoms with Crippen molar-refractivity contribution in [2.45, 2.75) is 40.3 Å². The fourth-order valence-corrected chi connectivity index (χ4v) is 3.14. The molecular formula is C20H32IN3O3. The molecule has 0 spiro atoms. The quantitative estimate of drug-likeness (QED) is 0.288. The molecule has 1 N–H and O–H groups in total. The molecule has 1 saturated heterocycles. The van der Waals surface area contributed by atoms with Crippen LogP contribution in [0.3, 0.4) is 0 Å². The summed E-state index contributed by atoms with van der Waals surface area (Å²) in [6.07, 6.45) is 0.166. The summed E-state index contributed by atoms with van der Waals surface area (Å²) in [7, 11) is 1.45. The Hall–Kier alpha value is -1.51. The molecule has 0 aliphatic carbocycles. The zero-order valence-corrected chi connectivity index (χ0v) is 19.2. The third kappa shape index (κ3) is 6.86. The normalized spacial score (nSPS) is 19.6. The van der Waals surface area contributed by atoms with Gasteiger partial charge in [-0.25, -0.2) is 4.99 Å². The topological polar surface area (TPSA) is 63.2 Å². The van der Waals surface area contributed by atoms with Gasteiger partial charge in [0.15, 0.2) is 5.96 Å². The molecule has 2 rings (SSSR count). The van der Waals surface area contributed by atoms with Crippen LogP contribution in [0.15, 0.2) is 29.3 Å². The molecule has 2 unspecified atom stereocenters. The number of aliphatic imine (C=N–C) groups is 1. The largest absolute Gasteiger partial charge is 0.491 e. The Bertz CT molecular complexity index is 619. The fraction of sp³-hybridized carbons (Fsp3) is 0.600. The number of hydrogen-bond acceptors (Lipinski definition) is 4. The first kappa shape index (κ1) is 23.5. The maximum absolute atomic E-state index is 11.9. The van der Waals surface area contributed by atoms with Gasteiger partial charge in [-0.05, 0) is 44.4 Å². The predicted molar refractivity (Wildman–Crippen MR) is 119 cm³/mol. The third-order valence-corrected chi connectivity index (χ3v) is 4.46. The van der Waals surface area contributed by atoms with E-state index >= 15 is 0 Å². The number of carbonyl (C=O) groups is 1. The first-order chi connectivity index (χ1) is 12.4. The Balaban J connectivity index is 0.00000364. The molecule has 0 amide bonds. The van der Waals surface area contributed by atoms with Crippen LogP contribution in [0.5, 0.6) is 5.75 Å². The molecule has 0 aromatic heterocycles. The van der Waals surface area contributed by atoms with Gasteiger partial charge in [-0.1, -0.05) is 19.1 Å². The molecule has 1 heterocycles. The number of esters is 1. The molecule has 2 atom stereocenters. The van der Waals surface area contributed by atoms with Gasteiger partial charge in [-0.15, -0.1) is 24.0 Å². The van der Waals surface area contributed by atoms with Crippen molar-refractivity contribution in [2.75, 3.05) is 26.7 Å². The van der Waals surface area contributed by atoms with E-state index in [-0.39, 0.29) is 47.9 Å². The van der Waals surface area contributed by atoms with Crippen LogP contribution in [-0.2, 0) is 16.1 Å². The lowest BCUT2D eigenvalue weighted by atomic mass is 9.99. The van der Waals surface area contributed by atoms with Gasteiger partial charge in [0.25, 0.3) is 0 Å². The van der Waals surface area contributed by atoms with E-state index in [1.54, 1.807) is 0 Å². The highest BCUT2D eigenvalue weighted by molar-refractivity contribution is 14.0. The number of nitrogens with one attached hydrogen (secondary N) is 1. The minimum Gasteiger partial charge on any atom is -0.491 e. The van der Waals surface area contributed by atoms with Crippen LogP contribution < -0.4 is 10.1 Å². The van der Waals surface area contributed by atoms with Gasteiger partial charge in [0, 0.05) is 19.6 Å². The van der Waals surface area contributed by atoms with E-state index < -0.39 is 0 Å². The highest BCUT2D eigenvalue weighted by atomic mass is 127. The number of ether oxygens (including phenoxy) is 2. The smallest absolute Gasteiger partial charge is 0.310 e. The van der Waals surface area contributed by atoms with Crippen LogP contribution >= 0.6 is 24.0 Å². The van der Waals surface area contributed by atoms with E-state index in [4.69, 9.17) is 14.5 Å². The average molecular weight is 489 g/mol. The van der Waals surface area contributed by atoms with Crippen LogP contribution in [0.4, 0.5) is 0 Å². The van der Waals surface area contributed by atoms with Gasteiger partial charge in [-0.2, -0.15) is 0 Å². The molecule has 1 fully saturated rings. The summed E-state index contributed by atoms with van der Waals surface area (Å²) in [4.78, 5) is 18.8. The number of nitrogens with zero attached hydrogens (tertiary/aromatic N) is 2. The van der Waals surface area contributed by atoms with Crippen molar-refractivity contribution in [1.82, 2.24) is 10.2 Å². The maximum Gasteiger partial charge on any atom is 0.310 e. The van der Waals surface area contributed by atoms with Crippen molar-refractivity contribution in [2.24, 2.45) is 16.8 Å². The summed E-state index contributed by atoms with van der Waals surface area (Å²) in [5.74, 6) is 1.72. The third-order valence-electron chi connectivity index (χ3n) is 4.46. The molecule has 152 valence electrons. The number of halogens is 1. The summed E-state index contributed by atoms with van der Waals surface area (Å²) in [5.41, 5.74) is 1.12. The summed E-state index contributed by atoms with van der Waals surface area (Å²) >= 11 is 0. The minimum absolute atomic E-state index is 0. The number of rotatable bonds is 6. The van der Waals surface area contributed by atoms with Gasteiger partial charge >= 0.3 is 5.97 Å². The molecule has 0 saturated carbocycles. The van der Waals surface area contributed by atoms with Crippen molar-refractivity contribution in [3.05, 3.63) is 29.8 Å². The zero-order chi connectivity index (χ0) is 19.1. The van der Waals surface area contributed by atoms with Crippen LogP contribution in [0.1, 0.15) is 33.3 Å². The number of likely N-dealkylation sites (tertiary alicyclic amines) is 1. The van der Waals surface area contributed by atoms with Crippen molar-refractivity contribution < 1.29 is 14.3 Å². The van der Waals surface area contributed by atoms with Gasteiger partial charge in [-0.3, -0.25) is 4.79 Å². The summed E-state index contributed by atoms with van der Waals surface area (Å²) < 4.78 is 10.6. The van der Waals surface area contributed by atoms with Gasteiger partial charge in [0.2, 0.25) is 0 Å². The lowest BCUT2D eigenvalue weighted by Crippen LogP contribution is -2.40. The second kappa shape index (κ2) is 11.4. The molecule has 6 nitrogen and oxygen atoms in total. The zero-order valence-electron chi connectivity index (χ0n) is 16.9. The van der Waals surface area contributed by atoms with Crippen molar-refractivity contribution in [3.8, 4) is 5.75 Å². The van der Waals surface area contributed by atoms with Gasteiger partial charge in [0.1, 0.15) is 5.75 Å². The second-order valence-electron chi connectivity index (χ2n) is 6.99. The second-order valence-corrected chi connectivity index (χ2v) is 6.99. The molecule has 0 radical (unpaired) electrons. The molecular weight excluding hydrogens is 457 g/mol. The number of methoxy groups -OCH3 is 1. The van der Waals surface area contributed by atoms with E-state index in [2.05, 4.69) is 17.1 Å². The van der Waals surface area contributed by atoms with Crippen LogP contribution in [0, 0.1) is 11.8 Å². The van der Waals surface area contributed by atoms with E-state index in [9.17, 15) is 4.79 Å². The molecule has 1 aromatic rings. The Kier molecular flexibility index (Phi) is 9.90. The number of carbonyl (C=O) groups excluding carboxylic acids is 1. The standard InChI is InChI=1S/C20H31N3O3.HI/c1-6-21-20(23-12-15(4)18(13-23)19(24)25-5)22-11-16-7-9-17(10-8-16)26-14(2)3;/h7-10,14-15,18H,6,11-13H2,1-5H3,(H,21,22);1H. The predicted octanol–water partition coefficient (Wildman–Crippen LogP) is 3.30. The summed E-state index contributed by atoms with van der Waals surface area (Å²) in [6, 6.07) is 8.02. The Morgan fingerprint density at radius 3 is 2.52 bits per heavy atom. The number of hydrogen-bond donors (Lipinski definition) is 1. The lowest BCUT2D eigenvalue weighted by molar-refractivity contribution is -0.145. The van der Waals surface area contributed by atoms with Gasteiger partial charge < -0.3 is 19.7 Å². The minimum atomic E-state index is -0.142. The Morgan fingerprint density at radius 1 is 1.30 bits per heavy atom. The van der Waals surface area contributed by atoms with E-state index in [1.807, 2.05) is 45.0 Å². The van der Waals surface area contributed by atoms with E-state index in [0.717, 1.165) is 30.4 Å². The van der Waals surface area contributed by atoms with E-state index in [1.165, 1.54) is 7.11 Å². The van der Waals surface area contributed by atoms with Crippen LogP contribution in [0.2, 0.25) is 0 Å². The fourth-order valence-electron chi connectivity index (χ4n) is 3.14. The highest BCUT2D eigenvalue weighted by Gasteiger charge is 2.36. The van der Waals surface area contributed by atoms with E-state index in [0.29, 0.717) is 13.1 Å². The number of benzene rings is 1. The molecule has 1 aliphatic heterocycles. The first-order valence-corrected chi connectivity index (χ1v) is 9.31. The highest BCUT2D eigenvalue weighted by Crippen LogP contribution is 2.24. The molecule has 7 heteroatoms. The molecule has 0 bridgehead atoms. The SMILES string of the molecule is CCNC(=NCc1ccc(OC(C)C)cc1)N1CC(C)C(C(=O)OC)C1.I. The molecule has 1 aliphatic rings. The lowest BCUT2D eigenvalue weighted by Gasteiger charge is -2.21. The summed E-state index contributed by atoms with van der Waals surface area (Å²) in [5, 5.41) is 3.33. The van der Waals surface area contributed by atoms with Gasteiger partial charge in [0.05, 0.1) is 25.7 Å². The molecule has 1 aromatic carbocycles. The Labute approximate surface area is 179 Å².